The van der Waals surface area contributed by atoms with Gasteiger partial charge in [-0.1, -0.05) is 23.7 Å². The first kappa shape index (κ1) is 38.0. The van der Waals surface area contributed by atoms with E-state index in [1.54, 1.807) is 60.6 Å². The van der Waals surface area contributed by atoms with Crippen LogP contribution in [0.25, 0.3) is 21.9 Å². The molecule has 5 amide bonds. The van der Waals surface area contributed by atoms with Crippen LogP contribution in [0.4, 0.5) is 9.18 Å². The summed E-state index contributed by atoms with van der Waals surface area (Å²) in [6.07, 6.45) is 8.48. The molecule has 1 N–H and O–H groups in total. The molecule has 0 radical (unpaired) electrons. The number of nitrogens with one attached hydrogen (secondary N) is 1. The molecule has 3 fully saturated rings. The third-order valence-corrected chi connectivity index (χ3v) is 11.8. The highest BCUT2D eigenvalue weighted by molar-refractivity contribution is 6.34. The standard InChI is InChI=1S/C41H44ClFN6O6/c1-46-23-32(30-8-13-44-22-31(30)39(46)52)27-20-33(42)37(35(21-27)55-3)40(53)48-16-11-28(12-17-48)47(2)41(54)49-14-9-25(10-15-49)29-6-4-24(19-34(29)43)18-26-5-7-36(50)45-38(26)51/h4,6,8,13,19-23,25-26,28H,5,7,9-12,14-18H2,1-3H3,(H,45,50,51). The number of likely N-dealkylation sites (tertiary alicyclic amines) is 2. The van der Waals surface area contributed by atoms with Crippen LogP contribution in [-0.2, 0) is 23.1 Å². The number of amides is 5. The number of nitrogens with zero attached hydrogens (tertiary/aromatic N) is 5. The number of hydrogen-bond donors (Lipinski definition) is 1. The number of hydrogen-bond acceptors (Lipinski definition) is 7. The Kier molecular flexibility index (Phi) is 10.9. The lowest BCUT2D eigenvalue weighted by molar-refractivity contribution is -0.136. The fourth-order valence-electron chi connectivity index (χ4n) is 8.27. The van der Waals surface area contributed by atoms with Crippen LogP contribution in [0, 0.1) is 11.7 Å². The van der Waals surface area contributed by atoms with Crippen molar-refractivity contribution in [3.05, 3.63) is 92.9 Å². The van der Waals surface area contributed by atoms with Crippen molar-refractivity contribution in [3.63, 3.8) is 0 Å². The molecule has 0 saturated carbocycles. The molecule has 14 heteroatoms. The molecule has 1 unspecified atom stereocenters. The lowest BCUT2D eigenvalue weighted by Crippen LogP contribution is -2.52. The van der Waals surface area contributed by atoms with Crippen molar-refractivity contribution in [1.82, 2.24) is 29.6 Å². The summed E-state index contributed by atoms with van der Waals surface area (Å²) >= 11 is 6.81. The second kappa shape index (κ2) is 15.8. The number of aryl methyl sites for hydroxylation is 1. The average Bonchev–Trinajstić information content (AvgIpc) is 3.19. The van der Waals surface area contributed by atoms with Crippen molar-refractivity contribution in [2.45, 2.75) is 56.9 Å². The zero-order valence-corrected chi connectivity index (χ0v) is 31.9. The maximum atomic E-state index is 15.3. The molecule has 3 saturated heterocycles. The van der Waals surface area contributed by atoms with E-state index in [0.717, 1.165) is 11.1 Å². The van der Waals surface area contributed by atoms with Crippen molar-refractivity contribution in [2.75, 3.05) is 40.3 Å². The van der Waals surface area contributed by atoms with E-state index < -0.39 is 0 Å². The molecule has 0 bridgehead atoms. The van der Waals surface area contributed by atoms with Gasteiger partial charge in [0.2, 0.25) is 11.8 Å². The van der Waals surface area contributed by atoms with Crippen LogP contribution in [0.5, 0.6) is 5.75 Å². The highest BCUT2D eigenvalue weighted by Crippen LogP contribution is 2.37. The fourth-order valence-corrected chi connectivity index (χ4v) is 8.56. The molecule has 1 atom stereocenters. The van der Waals surface area contributed by atoms with Gasteiger partial charge >= 0.3 is 6.03 Å². The number of fused-ring (bicyclic) bond motifs is 1. The zero-order valence-electron chi connectivity index (χ0n) is 31.1. The van der Waals surface area contributed by atoms with Gasteiger partial charge in [-0.3, -0.25) is 29.5 Å². The normalized spacial score (nSPS) is 18.4. The molecular weight excluding hydrogens is 727 g/mol. The van der Waals surface area contributed by atoms with Gasteiger partial charge < -0.3 is 24.0 Å². The highest BCUT2D eigenvalue weighted by atomic mass is 35.5. The van der Waals surface area contributed by atoms with Crippen LogP contribution >= 0.6 is 11.6 Å². The smallest absolute Gasteiger partial charge is 0.319 e. The summed E-state index contributed by atoms with van der Waals surface area (Å²) in [4.78, 5) is 73.3. The van der Waals surface area contributed by atoms with Crippen molar-refractivity contribution in [2.24, 2.45) is 13.0 Å². The number of ether oxygens (including phenoxy) is 1. The van der Waals surface area contributed by atoms with E-state index in [-0.39, 0.29) is 63.6 Å². The first-order chi connectivity index (χ1) is 26.4. The Bertz CT molecular complexity index is 2230. The van der Waals surface area contributed by atoms with Crippen molar-refractivity contribution in [3.8, 4) is 16.9 Å². The second-order valence-electron chi connectivity index (χ2n) is 14.8. The zero-order chi connectivity index (χ0) is 39.0. The number of carbonyl (C=O) groups is 4. The van der Waals surface area contributed by atoms with Crippen LogP contribution in [0.3, 0.4) is 0 Å². The van der Waals surface area contributed by atoms with Gasteiger partial charge in [0.05, 0.1) is 17.5 Å². The summed E-state index contributed by atoms with van der Waals surface area (Å²) < 4.78 is 22.5. The number of rotatable bonds is 7. The molecule has 2 aromatic carbocycles. The molecule has 5 heterocycles. The molecule has 3 aliphatic rings. The minimum Gasteiger partial charge on any atom is -0.496 e. The molecule has 2 aromatic heterocycles. The number of halogens is 2. The second-order valence-corrected chi connectivity index (χ2v) is 15.2. The van der Waals surface area contributed by atoms with E-state index in [4.69, 9.17) is 16.3 Å². The third kappa shape index (κ3) is 7.67. The first-order valence-electron chi connectivity index (χ1n) is 18.7. The summed E-state index contributed by atoms with van der Waals surface area (Å²) in [7, 11) is 4.96. The number of carbonyl (C=O) groups excluding carboxylic acids is 4. The molecule has 288 valence electrons. The van der Waals surface area contributed by atoms with Gasteiger partial charge in [0.1, 0.15) is 17.1 Å². The summed E-state index contributed by atoms with van der Waals surface area (Å²) in [5, 5.41) is 3.77. The SMILES string of the molecule is COc1cc(-c2cn(C)c(=O)c3cnccc23)cc(Cl)c1C(=O)N1CCC(N(C)C(=O)N2CCC(c3ccc(CC4CCC(=O)NC4=O)cc3F)CC2)CC1. The van der Waals surface area contributed by atoms with Gasteiger partial charge in [-0.2, -0.15) is 0 Å². The largest absolute Gasteiger partial charge is 0.496 e. The molecular formula is C41H44ClFN6O6. The van der Waals surface area contributed by atoms with Crippen LogP contribution in [0.1, 0.15) is 65.9 Å². The van der Waals surface area contributed by atoms with Crippen molar-refractivity contribution < 1.29 is 28.3 Å². The van der Waals surface area contributed by atoms with E-state index in [2.05, 4.69) is 10.3 Å². The van der Waals surface area contributed by atoms with Gasteiger partial charge in [0, 0.05) is 82.8 Å². The molecule has 0 aliphatic carbocycles. The average molecular weight is 771 g/mol. The van der Waals surface area contributed by atoms with Crippen LogP contribution < -0.4 is 15.6 Å². The van der Waals surface area contributed by atoms with Crippen LogP contribution in [0.2, 0.25) is 5.02 Å². The molecule has 3 aliphatic heterocycles. The Labute approximate surface area is 323 Å². The number of imide groups is 1. The van der Waals surface area contributed by atoms with E-state index in [1.807, 2.05) is 11.0 Å². The Balaban J connectivity index is 0.943. The Morgan fingerprint density at radius 3 is 2.40 bits per heavy atom. The van der Waals surface area contributed by atoms with Gasteiger partial charge in [-0.15, -0.1) is 0 Å². The first-order valence-corrected chi connectivity index (χ1v) is 19.1. The predicted octanol–water partition coefficient (Wildman–Crippen LogP) is 5.53. The highest BCUT2D eigenvalue weighted by Gasteiger charge is 2.34. The Morgan fingerprint density at radius 1 is 0.982 bits per heavy atom. The number of pyridine rings is 2. The predicted molar refractivity (Wildman–Crippen MR) is 206 cm³/mol. The Morgan fingerprint density at radius 2 is 1.71 bits per heavy atom. The number of urea groups is 1. The number of methoxy groups -OCH3 is 1. The molecule has 0 spiro atoms. The van der Waals surface area contributed by atoms with Gasteiger partial charge in [-0.05, 0) is 90.8 Å². The lowest BCUT2D eigenvalue weighted by atomic mass is 9.86. The summed E-state index contributed by atoms with van der Waals surface area (Å²) in [6.45, 7) is 1.87. The fraction of sp³-hybridized carbons (Fsp3) is 0.415. The topological polar surface area (TPSA) is 134 Å². The summed E-state index contributed by atoms with van der Waals surface area (Å²) in [5.41, 5.74) is 2.88. The minimum atomic E-state index is -0.345. The monoisotopic (exact) mass is 770 g/mol. The third-order valence-electron chi connectivity index (χ3n) is 11.5. The van der Waals surface area contributed by atoms with Crippen molar-refractivity contribution in [1.29, 1.82) is 0 Å². The summed E-state index contributed by atoms with van der Waals surface area (Å²) in [6, 6.07) is 10.3. The maximum Gasteiger partial charge on any atom is 0.319 e. The van der Waals surface area contributed by atoms with Gasteiger partial charge in [0.15, 0.2) is 0 Å². The van der Waals surface area contributed by atoms with Crippen LogP contribution in [-0.4, -0.2) is 94.4 Å². The van der Waals surface area contributed by atoms with E-state index in [9.17, 15) is 24.0 Å². The van der Waals surface area contributed by atoms with E-state index in [1.165, 1.54) is 23.9 Å². The Hall–Kier alpha value is -5.30. The van der Waals surface area contributed by atoms with Gasteiger partial charge in [-0.25, -0.2) is 9.18 Å². The van der Waals surface area contributed by atoms with Crippen LogP contribution in [0.15, 0.2) is 59.8 Å². The molecule has 4 aromatic rings. The molecule has 12 nitrogen and oxygen atoms in total. The minimum absolute atomic E-state index is 0.0239. The van der Waals surface area contributed by atoms with Gasteiger partial charge in [0.25, 0.3) is 11.5 Å². The maximum absolute atomic E-state index is 15.3. The lowest BCUT2D eigenvalue weighted by Gasteiger charge is -2.40. The van der Waals surface area contributed by atoms with E-state index >= 15 is 4.39 Å². The summed E-state index contributed by atoms with van der Waals surface area (Å²) in [5.74, 6) is -1.18. The van der Waals surface area contributed by atoms with E-state index in [0.29, 0.717) is 98.8 Å². The number of piperidine rings is 3. The quantitative estimate of drug-likeness (QED) is 0.244. The number of aromatic nitrogens is 2. The number of benzene rings is 2. The molecule has 55 heavy (non-hydrogen) atoms. The van der Waals surface area contributed by atoms with Crippen molar-refractivity contribution >= 4 is 46.1 Å². The molecule has 7 rings (SSSR count).